The molecule has 0 bridgehead atoms. The van der Waals surface area contributed by atoms with E-state index in [0.717, 1.165) is 11.3 Å². The molecular weight excluding hydrogens is 274 g/mol. The van der Waals surface area contributed by atoms with Gasteiger partial charge < -0.3 is 10.4 Å². The minimum absolute atomic E-state index is 0.0627. The Morgan fingerprint density at radius 1 is 1.30 bits per heavy atom. The van der Waals surface area contributed by atoms with Crippen LogP contribution < -0.4 is 5.32 Å². The van der Waals surface area contributed by atoms with Gasteiger partial charge in [0.25, 0.3) is 0 Å². The zero-order chi connectivity index (χ0) is 14.5. The van der Waals surface area contributed by atoms with Gasteiger partial charge in [-0.05, 0) is 42.1 Å². The molecule has 5 heteroatoms. The molecule has 0 aliphatic heterocycles. The number of hydrogen-bond donors (Lipinski definition) is 2. The number of carbonyl (C=O) groups is 2. The van der Waals surface area contributed by atoms with Gasteiger partial charge in [0.2, 0.25) is 0 Å². The van der Waals surface area contributed by atoms with E-state index in [1.807, 2.05) is 18.4 Å². The van der Waals surface area contributed by atoms with Crippen LogP contribution in [0.25, 0.3) is 0 Å². The SMILES string of the molecule is Cc1cc(C(=O)O)ccc1N/C=C/C(=O)c1cccs1. The average molecular weight is 287 g/mol. The Balaban J connectivity index is 2.04. The van der Waals surface area contributed by atoms with Crippen molar-refractivity contribution in [3.63, 3.8) is 0 Å². The van der Waals surface area contributed by atoms with Gasteiger partial charge in [-0.25, -0.2) is 4.79 Å². The number of carboxylic acids is 1. The maximum Gasteiger partial charge on any atom is 0.335 e. The normalized spacial score (nSPS) is 10.7. The van der Waals surface area contributed by atoms with Gasteiger partial charge in [0.05, 0.1) is 10.4 Å². The van der Waals surface area contributed by atoms with Crippen molar-refractivity contribution < 1.29 is 14.7 Å². The van der Waals surface area contributed by atoms with Crippen molar-refractivity contribution in [2.24, 2.45) is 0 Å². The van der Waals surface area contributed by atoms with Gasteiger partial charge in [0.15, 0.2) is 5.78 Å². The number of carboxylic acid groups (broad SMARTS) is 1. The smallest absolute Gasteiger partial charge is 0.335 e. The highest BCUT2D eigenvalue weighted by atomic mass is 32.1. The van der Waals surface area contributed by atoms with Crippen LogP contribution in [-0.4, -0.2) is 16.9 Å². The first-order valence-corrected chi connectivity index (χ1v) is 6.81. The predicted molar refractivity (Wildman–Crippen MR) is 79.6 cm³/mol. The summed E-state index contributed by atoms with van der Waals surface area (Å²) in [5, 5.41) is 13.7. The number of nitrogens with one attached hydrogen (secondary N) is 1. The molecule has 2 rings (SSSR count). The van der Waals surface area contributed by atoms with E-state index in [1.165, 1.54) is 23.5 Å². The van der Waals surface area contributed by atoms with Crippen molar-refractivity contribution in [1.82, 2.24) is 0 Å². The van der Waals surface area contributed by atoms with Crippen LogP contribution in [-0.2, 0) is 0 Å². The Kier molecular flexibility index (Phi) is 4.32. The van der Waals surface area contributed by atoms with Gasteiger partial charge in [-0.1, -0.05) is 6.07 Å². The third kappa shape index (κ3) is 3.33. The summed E-state index contributed by atoms with van der Waals surface area (Å²) in [6.45, 7) is 1.81. The number of ketones is 1. The molecule has 2 aromatic rings. The molecule has 0 atom stereocenters. The van der Waals surface area contributed by atoms with Crippen molar-refractivity contribution in [3.05, 3.63) is 64.0 Å². The molecule has 0 unspecified atom stereocenters. The molecule has 102 valence electrons. The van der Waals surface area contributed by atoms with Crippen LogP contribution in [0.2, 0.25) is 0 Å². The quantitative estimate of drug-likeness (QED) is 0.652. The second-order valence-electron chi connectivity index (χ2n) is 4.15. The molecule has 0 aliphatic carbocycles. The molecule has 1 aromatic heterocycles. The van der Waals surface area contributed by atoms with Crippen molar-refractivity contribution in [2.75, 3.05) is 5.32 Å². The van der Waals surface area contributed by atoms with E-state index in [1.54, 1.807) is 24.4 Å². The van der Waals surface area contributed by atoms with Gasteiger partial charge >= 0.3 is 5.97 Å². The number of aryl methyl sites for hydroxylation is 1. The molecule has 0 fully saturated rings. The van der Waals surface area contributed by atoms with Crippen LogP contribution in [0.1, 0.15) is 25.6 Å². The first-order valence-electron chi connectivity index (χ1n) is 5.93. The highest BCUT2D eigenvalue weighted by molar-refractivity contribution is 7.12. The second kappa shape index (κ2) is 6.16. The number of thiophene rings is 1. The van der Waals surface area contributed by atoms with Crippen molar-refractivity contribution in [1.29, 1.82) is 0 Å². The van der Waals surface area contributed by atoms with Crippen LogP contribution in [0.3, 0.4) is 0 Å². The molecule has 1 heterocycles. The van der Waals surface area contributed by atoms with E-state index in [2.05, 4.69) is 5.32 Å². The zero-order valence-corrected chi connectivity index (χ0v) is 11.6. The molecule has 0 amide bonds. The molecule has 0 saturated heterocycles. The van der Waals surface area contributed by atoms with Crippen molar-refractivity contribution >= 4 is 28.8 Å². The summed E-state index contributed by atoms with van der Waals surface area (Å²) in [5.74, 6) is -1.02. The molecule has 0 aliphatic rings. The Morgan fingerprint density at radius 3 is 2.70 bits per heavy atom. The fourth-order valence-corrected chi connectivity index (χ4v) is 2.31. The van der Waals surface area contributed by atoms with E-state index in [-0.39, 0.29) is 11.3 Å². The van der Waals surface area contributed by atoms with E-state index in [0.29, 0.717) is 4.88 Å². The number of rotatable bonds is 5. The minimum atomic E-state index is -0.955. The number of allylic oxidation sites excluding steroid dienone is 1. The molecule has 4 nitrogen and oxygen atoms in total. The topological polar surface area (TPSA) is 66.4 Å². The minimum Gasteiger partial charge on any atom is -0.478 e. The number of carbonyl (C=O) groups excluding carboxylic acids is 1. The summed E-state index contributed by atoms with van der Waals surface area (Å²) in [6.07, 6.45) is 3.02. The van der Waals surface area contributed by atoms with Gasteiger partial charge in [-0.3, -0.25) is 4.79 Å². The van der Waals surface area contributed by atoms with Crippen molar-refractivity contribution in [3.8, 4) is 0 Å². The maximum absolute atomic E-state index is 11.7. The van der Waals surface area contributed by atoms with Crippen LogP contribution >= 0.6 is 11.3 Å². The largest absolute Gasteiger partial charge is 0.478 e. The fourth-order valence-electron chi connectivity index (χ4n) is 1.67. The first-order chi connectivity index (χ1) is 9.58. The molecule has 0 spiro atoms. The van der Waals surface area contributed by atoms with E-state index in [4.69, 9.17) is 5.11 Å². The maximum atomic E-state index is 11.7. The van der Waals surface area contributed by atoms with E-state index < -0.39 is 5.97 Å². The third-order valence-corrected chi connectivity index (χ3v) is 3.60. The fraction of sp³-hybridized carbons (Fsp3) is 0.0667. The van der Waals surface area contributed by atoms with E-state index >= 15 is 0 Å². The van der Waals surface area contributed by atoms with Gasteiger partial charge in [0.1, 0.15) is 0 Å². The lowest BCUT2D eigenvalue weighted by atomic mass is 10.1. The Hall–Kier alpha value is -2.40. The highest BCUT2D eigenvalue weighted by Gasteiger charge is 2.05. The van der Waals surface area contributed by atoms with Gasteiger partial charge in [0, 0.05) is 18.0 Å². The Labute approximate surface area is 120 Å². The summed E-state index contributed by atoms with van der Waals surface area (Å²) in [4.78, 5) is 23.2. The zero-order valence-electron chi connectivity index (χ0n) is 10.8. The molecule has 1 aromatic carbocycles. The molecule has 2 N–H and O–H groups in total. The van der Waals surface area contributed by atoms with Crippen LogP contribution in [0.15, 0.2) is 48.0 Å². The average Bonchev–Trinajstić information content (AvgIpc) is 2.94. The lowest BCUT2D eigenvalue weighted by molar-refractivity contribution is 0.0696. The molecule has 20 heavy (non-hydrogen) atoms. The van der Waals surface area contributed by atoms with Crippen LogP contribution in [0.4, 0.5) is 5.69 Å². The lowest BCUT2D eigenvalue weighted by Crippen LogP contribution is -1.99. The van der Waals surface area contributed by atoms with E-state index in [9.17, 15) is 9.59 Å². The second-order valence-corrected chi connectivity index (χ2v) is 5.10. The van der Waals surface area contributed by atoms with Crippen LogP contribution in [0.5, 0.6) is 0 Å². The van der Waals surface area contributed by atoms with Gasteiger partial charge in [-0.15, -0.1) is 11.3 Å². The molecule has 0 radical (unpaired) electrons. The van der Waals surface area contributed by atoms with Gasteiger partial charge in [-0.2, -0.15) is 0 Å². The Morgan fingerprint density at radius 2 is 2.10 bits per heavy atom. The van der Waals surface area contributed by atoms with Crippen molar-refractivity contribution in [2.45, 2.75) is 6.92 Å². The lowest BCUT2D eigenvalue weighted by Gasteiger charge is -2.06. The number of hydrogen-bond acceptors (Lipinski definition) is 4. The molecule has 0 saturated carbocycles. The summed E-state index contributed by atoms with van der Waals surface area (Å²) in [6, 6.07) is 8.38. The standard InChI is InChI=1S/C15H13NO3S/c1-10-9-11(15(18)19)4-5-12(10)16-7-6-13(17)14-3-2-8-20-14/h2-9,16H,1H3,(H,18,19)/b7-6+. The summed E-state index contributed by atoms with van der Waals surface area (Å²) < 4.78 is 0. The summed E-state index contributed by atoms with van der Waals surface area (Å²) >= 11 is 1.39. The third-order valence-electron chi connectivity index (χ3n) is 2.71. The summed E-state index contributed by atoms with van der Waals surface area (Å²) in [5.41, 5.74) is 1.81. The number of anilines is 1. The molecular formula is C15H13NO3S. The predicted octanol–water partition coefficient (Wildman–Crippen LogP) is 3.56. The Bertz CT molecular complexity index is 660. The first kappa shape index (κ1) is 14.0. The van der Waals surface area contributed by atoms with Crippen LogP contribution in [0, 0.1) is 6.92 Å². The highest BCUT2D eigenvalue weighted by Crippen LogP contribution is 2.17. The monoisotopic (exact) mass is 287 g/mol. The summed E-state index contributed by atoms with van der Waals surface area (Å²) in [7, 11) is 0. The number of benzene rings is 1. The number of aromatic carboxylic acids is 1.